The lowest BCUT2D eigenvalue weighted by Crippen LogP contribution is -2.25. The lowest BCUT2D eigenvalue weighted by Gasteiger charge is -2.22. The molecule has 1 aliphatic rings. The van der Waals surface area contributed by atoms with Crippen molar-refractivity contribution in [3.8, 4) is 0 Å². The highest BCUT2D eigenvalue weighted by molar-refractivity contribution is 5.39. The Kier molecular flexibility index (Phi) is 3.58. The van der Waals surface area contributed by atoms with Gasteiger partial charge in [-0.2, -0.15) is 26.3 Å². The van der Waals surface area contributed by atoms with Crippen LogP contribution in [-0.4, -0.2) is 11.6 Å². The van der Waals surface area contributed by atoms with Gasteiger partial charge in [-0.05, 0) is 17.7 Å². The summed E-state index contributed by atoms with van der Waals surface area (Å²) in [6, 6.07) is 2.10. The molecule has 110 valence electrons. The first-order valence-electron chi connectivity index (χ1n) is 5.60. The van der Waals surface area contributed by atoms with Gasteiger partial charge in [-0.3, -0.25) is 0 Å². The van der Waals surface area contributed by atoms with Crippen molar-refractivity contribution in [1.82, 2.24) is 10.2 Å². The molecule has 2 nitrogen and oxygen atoms in total. The van der Waals surface area contributed by atoms with E-state index in [-0.39, 0.29) is 6.67 Å². The van der Waals surface area contributed by atoms with Crippen molar-refractivity contribution >= 4 is 0 Å². The maximum Gasteiger partial charge on any atom is 0.416 e. The summed E-state index contributed by atoms with van der Waals surface area (Å²) < 4.78 is 77.2. The van der Waals surface area contributed by atoms with Crippen molar-refractivity contribution in [3.63, 3.8) is 0 Å². The highest BCUT2D eigenvalue weighted by Gasteiger charge is 2.40. The number of alkyl halides is 6. The molecule has 0 saturated heterocycles. The molecule has 8 heteroatoms. The molecule has 0 amide bonds. The Bertz CT molecular complexity index is 485. The molecule has 0 fully saturated rings. The number of rotatable bonds is 2. The number of nitrogens with zero attached hydrogens (tertiary/aromatic N) is 1. The van der Waals surface area contributed by atoms with Crippen LogP contribution in [0.5, 0.6) is 0 Å². The maximum atomic E-state index is 12.9. The number of hydrogen-bond donors (Lipinski definition) is 1. The zero-order chi connectivity index (χ0) is 15.0. The number of halogens is 6. The quantitative estimate of drug-likeness (QED) is 0.840. The number of hydrogen-bond acceptors (Lipinski definition) is 2. The monoisotopic (exact) mass is 296 g/mol. The number of nitrogens with one attached hydrogen (secondary N) is 1. The third-order valence-corrected chi connectivity index (χ3v) is 2.85. The van der Waals surface area contributed by atoms with Gasteiger partial charge in [0.25, 0.3) is 0 Å². The van der Waals surface area contributed by atoms with Crippen LogP contribution in [0, 0.1) is 0 Å². The molecule has 0 aromatic heterocycles. The zero-order valence-electron chi connectivity index (χ0n) is 10.0. The fraction of sp³-hybridized carbons (Fsp3) is 0.333. The Labute approximate surface area is 110 Å². The van der Waals surface area contributed by atoms with Crippen LogP contribution in [0.3, 0.4) is 0 Å². The first kappa shape index (κ1) is 14.5. The zero-order valence-corrected chi connectivity index (χ0v) is 10.0. The summed E-state index contributed by atoms with van der Waals surface area (Å²) in [6.07, 6.45) is -6.78. The summed E-state index contributed by atoms with van der Waals surface area (Å²) in [5.41, 5.74) is -3.28. The summed E-state index contributed by atoms with van der Waals surface area (Å²) in [6.45, 7) is -0.294. The molecule has 20 heavy (non-hydrogen) atoms. The van der Waals surface area contributed by atoms with Crippen LogP contribution in [-0.2, 0) is 18.9 Å². The van der Waals surface area contributed by atoms with E-state index in [4.69, 9.17) is 0 Å². The standard InChI is InChI=1S/C12H10F6N2/c13-11(14,15)9-2-1-3-10(12(16,17)18)8(9)6-20-5-4-19-7-20/h1-5,19H,6-7H2. The highest BCUT2D eigenvalue weighted by atomic mass is 19.4. The molecule has 0 saturated carbocycles. The van der Waals surface area contributed by atoms with Crippen molar-refractivity contribution in [2.24, 2.45) is 0 Å². The molecule has 1 aliphatic heterocycles. The Morgan fingerprint density at radius 1 is 1.00 bits per heavy atom. The van der Waals surface area contributed by atoms with Crippen LogP contribution in [0.25, 0.3) is 0 Å². The first-order valence-corrected chi connectivity index (χ1v) is 5.60. The SMILES string of the molecule is FC(F)(F)c1cccc(C(F)(F)F)c1CN1C=CNC1. The summed E-state index contributed by atoms with van der Waals surface area (Å²) in [5.74, 6) is 0. The topological polar surface area (TPSA) is 15.3 Å². The highest BCUT2D eigenvalue weighted by Crippen LogP contribution is 2.39. The van der Waals surface area contributed by atoms with Crippen molar-refractivity contribution < 1.29 is 26.3 Å². The second-order valence-corrected chi connectivity index (χ2v) is 4.25. The van der Waals surface area contributed by atoms with Crippen LogP contribution in [0.1, 0.15) is 16.7 Å². The van der Waals surface area contributed by atoms with Crippen LogP contribution < -0.4 is 5.32 Å². The molecule has 0 aliphatic carbocycles. The van der Waals surface area contributed by atoms with Crippen molar-refractivity contribution in [2.75, 3.05) is 6.67 Å². The van der Waals surface area contributed by atoms with E-state index in [0.29, 0.717) is 12.1 Å². The fourth-order valence-electron chi connectivity index (χ4n) is 1.98. The molecule has 0 atom stereocenters. The van der Waals surface area contributed by atoms with Crippen molar-refractivity contribution in [2.45, 2.75) is 18.9 Å². The van der Waals surface area contributed by atoms with E-state index >= 15 is 0 Å². The molecule has 2 rings (SSSR count). The molecule has 1 N–H and O–H groups in total. The second-order valence-electron chi connectivity index (χ2n) is 4.25. The average molecular weight is 296 g/mol. The molecular formula is C12H10F6N2. The van der Waals surface area contributed by atoms with Crippen LogP contribution in [0.15, 0.2) is 30.6 Å². The summed E-state index contributed by atoms with van der Waals surface area (Å²) in [4.78, 5) is 1.33. The molecule has 0 unspecified atom stereocenters. The average Bonchev–Trinajstić information content (AvgIpc) is 2.79. The van der Waals surface area contributed by atoms with Crippen LogP contribution in [0.4, 0.5) is 26.3 Å². The van der Waals surface area contributed by atoms with Gasteiger partial charge in [-0.1, -0.05) is 6.07 Å². The van der Waals surface area contributed by atoms with Gasteiger partial charge in [0.1, 0.15) is 0 Å². The Morgan fingerprint density at radius 3 is 1.95 bits per heavy atom. The Morgan fingerprint density at radius 2 is 1.55 bits per heavy atom. The van der Waals surface area contributed by atoms with E-state index in [9.17, 15) is 26.3 Å². The normalized spacial score (nSPS) is 15.6. The largest absolute Gasteiger partial charge is 0.416 e. The molecule has 0 spiro atoms. The third kappa shape index (κ3) is 3.00. The van der Waals surface area contributed by atoms with Gasteiger partial charge in [-0.25, -0.2) is 0 Å². The predicted molar refractivity (Wildman–Crippen MR) is 59.1 cm³/mol. The molecule has 0 bridgehead atoms. The van der Waals surface area contributed by atoms with Crippen molar-refractivity contribution in [1.29, 1.82) is 0 Å². The Balaban J connectivity index is 2.50. The van der Waals surface area contributed by atoms with E-state index in [1.807, 2.05) is 0 Å². The molecule has 1 aromatic rings. The molecular weight excluding hydrogens is 286 g/mol. The van der Waals surface area contributed by atoms with E-state index < -0.39 is 35.6 Å². The van der Waals surface area contributed by atoms with Gasteiger partial charge in [0.05, 0.1) is 17.8 Å². The minimum Gasteiger partial charge on any atom is -0.373 e. The maximum absolute atomic E-state index is 12.9. The summed E-state index contributed by atoms with van der Waals surface area (Å²) in [5, 5.41) is 2.69. The van der Waals surface area contributed by atoms with Crippen LogP contribution >= 0.6 is 0 Å². The lowest BCUT2D eigenvalue weighted by atomic mass is 9.99. The van der Waals surface area contributed by atoms with Gasteiger partial charge < -0.3 is 10.2 Å². The molecule has 1 heterocycles. The minimum atomic E-state index is -4.83. The van der Waals surface area contributed by atoms with Gasteiger partial charge in [-0.15, -0.1) is 0 Å². The lowest BCUT2D eigenvalue weighted by molar-refractivity contribution is -0.144. The smallest absolute Gasteiger partial charge is 0.373 e. The minimum absolute atomic E-state index is 0.170. The van der Waals surface area contributed by atoms with E-state index in [1.165, 1.54) is 17.3 Å². The van der Waals surface area contributed by atoms with Gasteiger partial charge in [0.2, 0.25) is 0 Å². The fourth-order valence-corrected chi connectivity index (χ4v) is 1.98. The van der Waals surface area contributed by atoms with Crippen LogP contribution in [0.2, 0.25) is 0 Å². The van der Waals surface area contributed by atoms with E-state index in [0.717, 1.165) is 6.07 Å². The van der Waals surface area contributed by atoms with E-state index in [2.05, 4.69) is 5.32 Å². The van der Waals surface area contributed by atoms with E-state index in [1.54, 1.807) is 0 Å². The van der Waals surface area contributed by atoms with Gasteiger partial charge in [0.15, 0.2) is 0 Å². The van der Waals surface area contributed by atoms with Crippen molar-refractivity contribution in [3.05, 3.63) is 47.3 Å². The number of benzene rings is 1. The predicted octanol–water partition coefficient (Wildman–Crippen LogP) is 3.56. The molecule has 1 aromatic carbocycles. The molecule has 0 radical (unpaired) electrons. The van der Waals surface area contributed by atoms with Gasteiger partial charge >= 0.3 is 12.4 Å². The Hall–Kier alpha value is -1.86. The summed E-state index contributed by atoms with van der Waals surface area (Å²) in [7, 11) is 0. The third-order valence-electron chi connectivity index (χ3n) is 2.85. The first-order chi connectivity index (χ1) is 9.19. The van der Waals surface area contributed by atoms with Gasteiger partial charge in [0, 0.05) is 18.9 Å². The second kappa shape index (κ2) is 4.92. The summed E-state index contributed by atoms with van der Waals surface area (Å²) >= 11 is 0.